The van der Waals surface area contributed by atoms with Crippen molar-refractivity contribution >= 4 is 39.3 Å². The minimum absolute atomic E-state index is 0.586. The highest BCUT2D eigenvalue weighted by Crippen LogP contribution is 2.25. The highest BCUT2D eigenvalue weighted by Gasteiger charge is 2.10. The summed E-state index contributed by atoms with van der Waals surface area (Å²) in [6, 6.07) is 5.52. The lowest BCUT2D eigenvalue weighted by Crippen LogP contribution is -2.01. The Kier molecular flexibility index (Phi) is 3.33. The maximum absolute atomic E-state index is 6.05. The maximum Gasteiger partial charge on any atom is 0.173 e. The van der Waals surface area contributed by atoms with Gasteiger partial charge in [-0.15, -0.1) is 11.8 Å². The lowest BCUT2D eigenvalue weighted by atomic mass is 10.4. The van der Waals surface area contributed by atoms with Gasteiger partial charge in [-0.05, 0) is 34.3 Å². The number of nitrogens with zero attached hydrogens (tertiary/aromatic N) is 3. The first-order chi connectivity index (χ1) is 7.22. The first kappa shape index (κ1) is 11.0. The summed E-state index contributed by atoms with van der Waals surface area (Å²) in [5, 5.41) is 5.85. The maximum atomic E-state index is 6.05. The molecule has 3 nitrogen and oxygen atoms in total. The summed E-state index contributed by atoms with van der Waals surface area (Å²) < 4.78 is 2.49. The zero-order valence-electron chi connectivity index (χ0n) is 7.82. The number of thioether (sulfide) groups is 1. The fraction of sp³-hybridized carbons (Fsp3) is 0.111. The van der Waals surface area contributed by atoms with Gasteiger partial charge in [-0.2, -0.15) is 5.10 Å². The standard InChI is InChI=1S/C9H7BrClN3S/c1-15-8-5-7(10)13-14(8)9-6(11)3-2-4-12-9/h2-5H,1H3. The zero-order chi connectivity index (χ0) is 10.8. The third kappa shape index (κ3) is 2.19. The lowest BCUT2D eigenvalue weighted by Gasteiger charge is -2.05. The molecule has 2 aromatic rings. The summed E-state index contributed by atoms with van der Waals surface area (Å²) in [5.74, 6) is 0.647. The summed E-state index contributed by atoms with van der Waals surface area (Å²) in [7, 11) is 0. The van der Waals surface area contributed by atoms with Crippen LogP contribution >= 0.6 is 39.3 Å². The molecule has 2 rings (SSSR count). The van der Waals surface area contributed by atoms with Gasteiger partial charge in [0.2, 0.25) is 0 Å². The van der Waals surface area contributed by atoms with E-state index in [1.807, 2.05) is 12.3 Å². The molecule has 0 N–H and O–H groups in total. The van der Waals surface area contributed by atoms with Gasteiger partial charge in [-0.1, -0.05) is 11.6 Å². The van der Waals surface area contributed by atoms with Crippen LogP contribution in [0.5, 0.6) is 0 Å². The van der Waals surface area contributed by atoms with Crippen molar-refractivity contribution in [1.29, 1.82) is 0 Å². The van der Waals surface area contributed by atoms with Crippen molar-refractivity contribution in [3.8, 4) is 5.82 Å². The second-order valence-electron chi connectivity index (χ2n) is 2.73. The Hall–Kier alpha value is -0.520. The second kappa shape index (κ2) is 4.55. The van der Waals surface area contributed by atoms with Crippen LogP contribution < -0.4 is 0 Å². The topological polar surface area (TPSA) is 30.7 Å². The predicted molar refractivity (Wildman–Crippen MR) is 65.9 cm³/mol. The molecule has 0 aliphatic carbocycles. The molecular formula is C9H7BrClN3S. The molecule has 0 unspecified atom stereocenters. The summed E-state index contributed by atoms with van der Waals surface area (Å²) >= 11 is 11.0. The Bertz CT molecular complexity index is 486. The average molecular weight is 305 g/mol. The van der Waals surface area contributed by atoms with Crippen LogP contribution in [-0.2, 0) is 0 Å². The van der Waals surface area contributed by atoms with Crippen LogP contribution in [0.3, 0.4) is 0 Å². The van der Waals surface area contributed by atoms with E-state index in [4.69, 9.17) is 11.6 Å². The molecule has 0 spiro atoms. The fourth-order valence-electron chi connectivity index (χ4n) is 1.17. The Morgan fingerprint density at radius 2 is 2.33 bits per heavy atom. The Balaban J connectivity index is 2.58. The molecule has 0 radical (unpaired) electrons. The molecule has 2 heterocycles. The third-order valence-corrected chi connectivity index (χ3v) is 3.19. The molecule has 0 fully saturated rings. The first-order valence-electron chi connectivity index (χ1n) is 4.13. The summed E-state index contributed by atoms with van der Waals surface area (Å²) in [6.45, 7) is 0. The molecular weight excluding hydrogens is 298 g/mol. The van der Waals surface area contributed by atoms with Crippen LogP contribution in [0.2, 0.25) is 5.02 Å². The van der Waals surface area contributed by atoms with E-state index in [1.54, 1.807) is 34.8 Å². The quantitative estimate of drug-likeness (QED) is 0.797. The fourth-order valence-corrected chi connectivity index (χ4v) is 2.43. The molecule has 78 valence electrons. The van der Waals surface area contributed by atoms with Gasteiger partial charge in [0.25, 0.3) is 0 Å². The van der Waals surface area contributed by atoms with E-state index in [0.717, 1.165) is 9.63 Å². The first-order valence-corrected chi connectivity index (χ1v) is 6.52. The average Bonchev–Trinajstić information content (AvgIpc) is 2.60. The number of hydrogen-bond donors (Lipinski definition) is 0. The van der Waals surface area contributed by atoms with Crippen LogP contribution in [0, 0.1) is 0 Å². The molecule has 0 aliphatic heterocycles. The molecule has 2 aromatic heterocycles. The number of pyridine rings is 1. The van der Waals surface area contributed by atoms with Gasteiger partial charge in [0.1, 0.15) is 9.63 Å². The van der Waals surface area contributed by atoms with E-state index in [9.17, 15) is 0 Å². The molecule has 0 saturated heterocycles. The van der Waals surface area contributed by atoms with Crippen LogP contribution in [0.15, 0.2) is 34.0 Å². The minimum Gasteiger partial charge on any atom is -0.236 e. The monoisotopic (exact) mass is 303 g/mol. The van der Waals surface area contributed by atoms with E-state index < -0.39 is 0 Å². The third-order valence-electron chi connectivity index (χ3n) is 1.80. The number of aromatic nitrogens is 3. The van der Waals surface area contributed by atoms with Crippen molar-refractivity contribution < 1.29 is 0 Å². The molecule has 0 aliphatic rings. The van der Waals surface area contributed by atoms with Gasteiger partial charge in [-0.3, -0.25) is 0 Å². The molecule has 0 amide bonds. The van der Waals surface area contributed by atoms with Gasteiger partial charge in [0.15, 0.2) is 5.82 Å². The number of hydrogen-bond acceptors (Lipinski definition) is 3. The molecule has 6 heteroatoms. The number of halogens is 2. The summed E-state index contributed by atoms with van der Waals surface area (Å²) in [4.78, 5) is 4.20. The Labute approximate surface area is 105 Å². The van der Waals surface area contributed by atoms with Crippen molar-refractivity contribution in [3.63, 3.8) is 0 Å². The van der Waals surface area contributed by atoms with Gasteiger partial charge in [0.05, 0.1) is 5.02 Å². The second-order valence-corrected chi connectivity index (χ2v) is 4.78. The van der Waals surface area contributed by atoms with Crippen molar-refractivity contribution in [2.75, 3.05) is 6.26 Å². The summed E-state index contributed by atoms with van der Waals surface area (Å²) in [6.07, 6.45) is 3.68. The summed E-state index contributed by atoms with van der Waals surface area (Å²) in [5.41, 5.74) is 0. The normalized spacial score (nSPS) is 10.6. The minimum atomic E-state index is 0.586. The van der Waals surface area contributed by atoms with E-state index >= 15 is 0 Å². The van der Waals surface area contributed by atoms with Crippen LogP contribution in [-0.4, -0.2) is 21.0 Å². The van der Waals surface area contributed by atoms with Crippen LogP contribution in [0.25, 0.3) is 5.82 Å². The van der Waals surface area contributed by atoms with Crippen LogP contribution in [0.1, 0.15) is 0 Å². The van der Waals surface area contributed by atoms with Crippen molar-refractivity contribution in [3.05, 3.63) is 34.0 Å². The smallest absolute Gasteiger partial charge is 0.173 e. The van der Waals surface area contributed by atoms with Gasteiger partial charge in [-0.25, -0.2) is 9.67 Å². The van der Waals surface area contributed by atoms with Crippen molar-refractivity contribution in [2.45, 2.75) is 5.03 Å². The highest BCUT2D eigenvalue weighted by molar-refractivity contribution is 9.10. The van der Waals surface area contributed by atoms with Gasteiger partial charge < -0.3 is 0 Å². The molecule has 15 heavy (non-hydrogen) atoms. The van der Waals surface area contributed by atoms with Gasteiger partial charge >= 0.3 is 0 Å². The van der Waals surface area contributed by atoms with E-state index in [1.165, 1.54) is 0 Å². The molecule has 0 saturated carbocycles. The molecule has 0 bridgehead atoms. The van der Waals surface area contributed by atoms with E-state index in [0.29, 0.717) is 10.8 Å². The predicted octanol–water partition coefficient (Wildman–Crippen LogP) is 3.41. The largest absolute Gasteiger partial charge is 0.236 e. The SMILES string of the molecule is CSc1cc(Br)nn1-c1ncccc1Cl. The Morgan fingerprint density at radius 1 is 1.53 bits per heavy atom. The number of rotatable bonds is 2. The van der Waals surface area contributed by atoms with E-state index in [2.05, 4.69) is 26.0 Å². The molecule has 0 atom stereocenters. The van der Waals surface area contributed by atoms with Crippen LogP contribution in [0.4, 0.5) is 0 Å². The lowest BCUT2D eigenvalue weighted by molar-refractivity contribution is 0.773. The van der Waals surface area contributed by atoms with Crippen molar-refractivity contribution in [2.24, 2.45) is 0 Å². The van der Waals surface area contributed by atoms with Crippen molar-refractivity contribution in [1.82, 2.24) is 14.8 Å². The van der Waals surface area contributed by atoms with Gasteiger partial charge in [0, 0.05) is 12.3 Å². The zero-order valence-corrected chi connectivity index (χ0v) is 11.0. The van der Waals surface area contributed by atoms with E-state index in [-0.39, 0.29) is 0 Å². The Morgan fingerprint density at radius 3 is 3.00 bits per heavy atom. The highest BCUT2D eigenvalue weighted by atomic mass is 79.9. The molecule has 0 aromatic carbocycles.